The second kappa shape index (κ2) is 5.75. The molecule has 0 bridgehead atoms. The normalized spacial score (nSPS) is 11.4. The molecule has 5 nitrogen and oxygen atoms in total. The standard InChI is InChI=1S/C10H11Cl2N3O2/c1-15(5-8(13)14-17)10(16)6-3-2-4-7(11)9(6)12/h2-4,17H,5H2,1H3,(H2,13,14). The van der Waals surface area contributed by atoms with E-state index in [-0.39, 0.29) is 28.9 Å². The van der Waals surface area contributed by atoms with E-state index in [9.17, 15) is 4.79 Å². The molecule has 0 aliphatic heterocycles. The van der Waals surface area contributed by atoms with Crippen molar-refractivity contribution in [2.45, 2.75) is 0 Å². The van der Waals surface area contributed by atoms with Crippen LogP contribution in [0.3, 0.4) is 0 Å². The van der Waals surface area contributed by atoms with Gasteiger partial charge in [-0.3, -0.25) is 4.79 Å². The van der Waals surface area contributed by atoms with Gasteiger partial charge in [-0.05, 0) is 12.1 Å². The molecule has 0 radical (unpaired) electrons. The van der Waals surface area contributed by atoms with Crippen LogP contribution in [0.1, 0.15) is 10.4 Å². The number of amides is 1. The molecule has 1 rings (SSSR count). The van der Waals surface area contributed by atoms with E-state index in [1.807, 2.05) is 0 Å². The number of hydrogen-bond acceptors (Lipinski definition) is 3. The summed E-state index contributed by atoms with van der Waals surface area (Å²) in [5.74, 6) is -0.428. The zero-order valence-corrected chi connectivity index (χ0v) is 10.5. The number of oxime groups is 1. The lowest BCUT2D eigenvalue weighted by Gasteiger charge is -2.17. The maximum absolute atomic E-state index is 12.0. The molecule has 7 heteroatoms. The summed E-state index contributed by atoms with van der Waals surface area (Å²) in [4.78, 5) is 13.2. The molecule has 0 aliphatic carbocycles. The van der Waals surface area contributed by atoms with Gasteiger partial charge < -0.3 is 15.8 Å². The average Bonchev–Trinajstić information content (AvgIpc) is 2.31. The third kappa shape index (κ3) is 3.25. The molecule has 1 amide bonds. The largest absolute Gasteiger partial charge is 0.409 e. The van der Waals surface area contributed by atoms with Crippen molar-refractivity contribution in [2.75, 3.05) is 13.6 Å². The molecule has 0 fully saturated rings. The van der Waals surface area contributed by atoms with E-state index in [1.54, 1.807) is 18.2 Å². The van der Waals surface area contributed by atoms with Crippen molar-refractivity contribution in [3.05, 3.63) is 33.8 Å². The van der Waals surface area contributed by atoms with Gasteiger partial charge in [0.2, 0.25) is 0 Å². The lowest BCUT2D eigenvalue weighted by atomic mass is 10.2. The molecule has 1 aromatic carbocycles. The highest BCUT2D eigenvalue weighted by Crippen LogP contribution is 2.26. The minimum absolute atomic E-state index is 0.00181. The fraction of sp³-hybridized carbons (Fsp3) is 0.200. The molecular formula is C10H11Cl2N3O2. The van der Waals surface area contributed by atoms with Crippen molar-refractivity contribution in [1.82, 2.24) is 4.90 Å². The van der Waals surface area contributed by atoms with Crippen molar-refractivity contribution in [3.8, 4) is 0 Å². The Labute approximate surface area is 108 Å². The highest BCUT2D eigenvalue weighted by molar-refractivity contribution is 6.43. The van der Waals surface area contributed by atoms with Crippen molar-refractivity contribution < 1.29 is 10.0 Å². The lowest BCUT2D eigenvalue weighted by molar-refractivity contribution is 0.0814. The van der Waals surface area contributed by atoms with Crippen molar-refractivity contribution in [3.63, 3.8) is 0 Å². The monoisotopic (exact) mass is 275 g/mol. The van der Waals surface area contributed by atoms with Crippen LogP contribution in [0.4, 0.5) is 0 Å². The lowest BCUT2D eigenvalue weighted by Crippen LogP contribution is -2.35. The van der Waals surface area contributed by atoms with E-state index >= 15 is 0 Å². The number of hydrogen-bond donors (Lipinski definition) is 2. The minimum atomic E-state index is -0.357. The van der Waals surface area contributed by atoms with Gasteiger partial charge >= 0.3 is 0 Å². The molecule has 0 aliphatic rings. The number of nitrogens with zero attached hydrogens (tertiary/aromatic N) is 2. The number of nitrogens with two attached hydrogens (primary N) is 1. The van der Waals surface area contributed by atoms with Crippen LogP contribution < -0.4 is 5.73 Å². The van der Waals surface area contributed by atoms with Crippen molar-refractivity contribution >= 4 is 34.9 Å². The van der Waals surface area contributed by atoms with Crippen LogP contribution in [0.15, 0.2) is 23.4 Å². The summed E-state index contributed by atoms with van der Waals surface area (Å²) in [5.41, 5.74) is 5.58. The number of likely N-dealkylation sites (N-methyl/N-ethyl adjacent to an activating group) is 1. The molecule has 92 valence electrons. The molecular weight excluding hydrogens is 265 g/mol. The summed E-state index contributed by atoms with van der Waals surface area (Å²) in [5, 5.41) is 11.7. The molecule has 0 spiro atoms. The molecule has 1 aromatic rings. The zero-order valence-electron chi connectivity index (χ0n) is 9.02. The SMILES string of the molecule is CN(CC(N)=NO)C(=O)c1cccc(Cl)c1Cl. The summed E-state index contributed by atoms with van der Waals surface area (Å²) >= 11 is 11.7. The van der Waals surface area contributed by atoms with E-state index < -0.39 is 0 Å². The fourth-order valence-corrected chi connectivity index (χ4v) is 1.60. The number of halogens is 2. The van der Waals surface area contributed by atoms with Gasteiger partial charge in [0.25, 0.3) is 5.91 Å². The first-order chi connectivity index (χ1) is 7.97. The maximum atomic E-state index is 12.0. The maximum Gasteiger partial charge on any atom is 0.255 e. The Bertz CT molecular complexity index is 463. The van der Waals surface area contributed by atoms with Crippen molar-refractivity contribution in [2.24, 2.45) is 10.9 Å². The number of benzene rings is 1. The predicted octanol–water partition coefficient (Wildman–Crippen LogP) is 1.81. The van der Waals surface area contributed by atoms with Crippen LogP contribution in [0.2, 0.25) is 10.0 Å². The molecule has 0 aromatic heterocycles. The number of rotatable bonds is 3. The fourth-order valence-electron chi connectivity index (χ4n) is 1.22. The van der Waals surface area contributed by atoms with Gasteiger partial charge in [-0.1, -0.05) is 34.4 Å². The number of carbonyl (C=O) groups is 1. The smallest absolute Gasteiger partial charge is 0.255 e. The van der Waals surface area contributed by atoms with Crippen LogP contribution >= 0.6 is 23.2 Å². The molecule has 3 N–H and O–H groups in total. The molecule has 0 unspecified atom stereocenters. The van der Waals surface area contributed by atoms with Gasteiger partial charge in [0.05, 0.1) is 22.2 Å². The van der Waals surface area contributed by atoms with Gasteiger partial charge in [-0.25, -0.2) is 0 Å². The van der Waals surface area contributed by atoms with E-state index in [0.717, 1.165) is 0 Å². The minimum Gasteiger partial charge on any atom is -0.409 e. The van der Waals surface area contributed by atoms with Crippen LogP contribution in [-0.4, -0.2) is 35.4 Å². The molecule has 0 atom stereocenters. The van der Waals surface area contributed by atoms with Crippen molar-refractivity contribution in [1.29, 1.82) is 0 Å². The summed E-state index contributed by atoms with van der Waals surface area (Å²) in [6.07, 6.45) is 0. The van der Waals surface area contributed by atoms with Crippen LogP contribution in [0.25, 0.3) is 0 Å². The second-order valence-corrected chi connectivity index (χ2v) is 4.14. The number of amidine groups is 1. The van der Waals surface area contributed by atoms with Gasteiger partial charge in [0, 0.05) is 7.05 Å². The topological polar surface area (TPSA) is 78.9 Å². The summed E-state index contributed by atoms with van der Waals surface area (Å²) in [6.45, 7) is -0.00181. The summed E-state index contributed by atoms with van der Waals surface area (Å²) in [7, 11) is 1.51. The highest BCUT2D eigenvalue weighted by Gasteiger charge is 2.17. The Hall–Kier alpha value is -1.46. The second-order valence-electron chi connectivity index (χ2n) is 3.35. The Kier molecular flexibility index (Phi) is 4.60. The Morgan fingerprint density at radius 1 is 1.53 bits per heavy atom. The van der Waals surface area contributed by atoms with Crippen LogP contribution in [0, 0.1) is 0 Å². The Morgan fingerprint density at radius 3 is 2.76 bits per heavy atom. The predicted molar refractivity (Wildman–Crippen MR) is 66.8 cm³/mol. The van der Waals surface area contributed by atoms with Crippen LogP contribution in [-0.2, 0) is 0 Å². The summed E-state index contributed by atoms with van der Waals surface area (Å²) < 4.78 is 0. The van der Waals surface area contributed by atoms with E-state index in [0.29, 0.717) is 5.02 Å². The molecule has 0 saturated heterocycles. The first-order valence-corrected chi connectivity index (χ1v) is 5.38. The third-order valence-corrected chi connectivity index (χ3v) is 2.88. The van der Waals surface area contributed by atoms with Gasteiger partial charge in [-0.15, -0.1) is 0 Å². The highest BCUT2D eigenvalue weighted by atomic mass is 35.5. The average molecular weight is 276 g/mol. The Balaban J connectivity index is 2.93. The van der Waals surface area contributed by atoms with E-state index in [1.165, 1.54) is 11.9 Å². The van der Waals surface area contributed by atoms with Gasteiger partial charge in [-0.2, -0.15) is 0 Å². The quantitative estimate of drug-likeness (QED) is 0.382. The molecule has 17 heavy (non-hydrogen) atoms. The van der Waals surface area contributed by atoms with E-state index in [4.69, 9.17) is 34.1 Å². The van der Waals surface area contributed by atoms with Gasteiger partial charge in [0.1, 0.15) is 0 Å². The molecule has 0 saturated carbocycles. The first kappa shape index (κ1) is 13.6. The van der Waals surface area contributed by atoms with Crippen LogP contribution in [0.5, 0.6) is 0 Å². The Morgan fingerprint density at radius 2 is 2.18 bits per heavy atom. The van der Waals surface area contributed by atoms with E-state index in [2.05, 4.69) is 5.16 Å². The zero-order chi connectivity index (χ0) is 13.0. The first-order valence-electron chi connectivity index (χ1n) is 4.63. The molecule has 0 heterocycles. The third-order valence-electron chi connectivity index (χ3n) is 2.06. The summed E-state index contributed by atoms with van der Waals surface area (Å²) in [6, 6.07) is 4.77. The number of carbonyl (C=O) groups excluding carboxylic acids is 1. The van der Waals surface area contributed by atoms with Gasteiger partial charge in [0.15, 0.2) is 5.84 Å².